The Balaban J connectivity index is 2.17. The Bertz CT molecular complexity index is 736. The highest BCUT2D eigenvalue weighted by Gasteiger charge is 2.17. The average molecular weight is 325 g/mol. The van der Waals surface area contributed by atoms with E-state index in [9.17, 15) is 8.42 Å². The summed E-state index contributed by atoms with van der Waals surface area (Å²) in [6, 6.07) is 6.85. The van der Waals surface area contributed by atoms with Crippen LogP contribution in [0, 0.1) is 13.8 Å². The molecule has 114 valence electrons. The monoisotopic (exact) mass is 325 g/mol. The van der Waals surface area contributed by atoms with Crippen LogP contribution in [-0.4, -0.2) is 31.8 Å². The van der Waals surface area contributed by atoms with Crippen LogP contribution in [0.4, 0.5) is 5.69 Å². The third-order valence-electron chi connectivity index (χ3n) is 3.07. The molecule has 2 rings (SSSR count). The summed E-state index contributed by atoms with van der Waals surface area (Å²) in [7, 11) is -0.349. The van der Waals surface area contributed by atoms with E-state index >= 15 is 0 Å². The van der Waals surface area contributed by atoms with Gasteiger partial charge in [-0.05, 0) is 32.0 Å². The van der Waals surface area contributed by atoms with Gasteiger partial charge in [0.15, 0.2) is 0 Å². The van der Waals surface area contributed by atoms with Gasteiger partial charge in [-0.2, -0.15) is 0 Å². The van der Waals surface area contributed by atoms with Crippen molar-refractivity contribution < 1.29 is 8.42 Å². The zero-order chi connectivity index (χ0) is 15.6. The molecular formula is C14H19N3O2S2. The average Bonchev–Trinajstić information content (AvgIpc) is 2.75. The van der Waals surface area contributed by atoms with Gasteiger partial charge in [0, 0.05) is 24.7 Å². The van der Waals surface area contributed by atoms with Gasteiger partial charge in [0.1, 0.15) is 0 Å². The quantitative estimate of drug-likeness (QED) is 0.918. The Morgan fingerprint density at radius 1 is 1.29 bits per heavy atom. The SMILES string of the molecule is Cc1nc(C)c(CNc2cccc(S(=O)(=O)N(C)C)c2)s1. The number of benzene rings is 1. The van der Waals surface area contributed by atoms with Gasteiger partial charge in [0.25, 0.3) is 0 Å². The fraction of sp³-hybridized carbons (Fsp3) is 0.357. The second-order valence-electron chi connectivity index (χ2n) is 4.91. The number of hydrogen-bond acceptors (Lipinski definition) is 5. The maximum atomic E-state index is 12.1. The molecule has 1 heterocycles. The van der Waals surface area contributed by atoms with E-state index in [4.69, 9.17) is 0 Å². The van der Waals surface area contributed by atoms with Gasteiger partial charge >= 0.3 is 0 Å². The van der Waals surface area contributed by atoms with Crippen LogP contribution in [0.1, 0.15) is 15.6 Å². The van der Waals surface area contributed by atoms with Gasteiger partial charge in [-0.1, -0.05) is 6.07 Å². The molecule has 0 fully saturated rings. The minimum Gasteiger partial charge on any atom is -0.380 e. The second kappa shape index (κ2) is 6.13. The van der Waals surface area contributed by atoms with Gasteiger partial charge in [-0.3, -0.25) is 0 Å². The standard InChI is InChI=1S/C14H19N3O2S2/c1-10-14(20-11(2)16-10)9-15-12-6-5-7-13(8-12)21(18,19)17(3)4/h5-8,15H,9H2,1-4H3. The Morgan fingerprint density at radius 3 is 2.57 bits per heavy atom. The first-order chi connectivity index (χ1) is 9.80. The van der Waals surface area contributed by atoms with Crippen LogP contribution in [-0.2, 0) is 16.6 Å². The lowest BCUT2D eigenvalue weighted by molar-refractivity contribution is 0.521. The van der Waals surface area contributed by atoms with E-state index in [-0.39, 0.29) is 4.90 Å². The number of nitrogens with one attached hydrogen (secondary N) is 1. The summed E-state index contributed by atoms with van der Waals surface area (Å²) in [6.45, 7) is 4.60. The molecule has 0 aliphatic carbocycles. The highest BCUT2D eigenvalue weighted by Crippen LogP contribution is 2.21. The lowest BCUT2D eigenvalue weighted by Crippen LogP contribution is -2.22. The van der Waals surface area contributed by atoms with Crippen LogP contribution in [0.2, 0.25) is 0 Å². The van der Waals surface area contributed by atoms with Crippen LogP contribution in [0.15, 0.2) is 29.2 Å². The van der Waals surface area contributed by atoms with E-state index in [1.54, 1.807) is 29.5 Å². The molecule has 0 saturated heterocycles. The molecule has 0 bridgehead atoms. The fourth-order valence-corrected chi connectivity index (χ4v) is 3.72. The molecule has 1 aromatic heterocycles. The highest BCUT2D eigenvalue weighted by atomic mass is 32.2. The molecule has 0 aliphatic heterocycles. The molecule has 0 amide bonds. The van der Waals surface area contributed by atoms with Crippen molar-refractivity contribution in [3.05, 3.63) is 39.8 Å². The zero-order valence-electron chi connectivity index (χ0n) is 12.5. The van der Waals surface area contributed by atoms with Crippen molar-refractivity contribution in [2.75, 3.05) is 19.4 Å². The molecule has 21 heavy (non-hydrogen) atoms. The van der Waals surface area contributed by atoms with E-state index in [2.05, 4.69) is 10.3 Å². The molecule has 0 spiro atoms. The highest BCUT2D eigenvalue weighted by molar-refractivity contribution is 7.89. The normalized spacial score (nSPS) is 11.9. The van der Waals surface area contributed by atoms with Crippen molar-refractivity contribution in [3.63, 3.8) is 0 Å². The van der Waals surface area contributed by atoms with Gasteiger partial charge in [0.2, 0.25) is 10.0 Å². The third-order valence-corrected chi connectivity index (χ3v) is 5.95. The zero-order valence-corrected chi connectivity index (χ0v) is 14.2. The summed E-state index contributed by atoms with van der Waals surface area (Å²) in [5.74, 6) is 0. The van der Waals surface area contributed by atoms with E-state index in [0.717, 1.165) is 21.3 Å². The molecule has 2 aromatic rings. The predicted octanol–water partition coefficient (Wildman–Crippen LogP) is 2.62. The number of sulfonamides is 1. The van der Waals surface area contributed by atoms with Crippen LogP contribution in [0.3, 0.4) is 0 Å². The first kappa shape index (κ1) is 15.9. The number of nitrogens with zero attached hydrogens (tertiary/aromatic N) is 2. The van der Waals surface area contributed by atoms with Gasteiger partial charge in [-0.15, -0.1) is 11.3 Å². The van der Waals surface area contributed by atoms with Crippen LogP contribution < -0.4 is 5.32 Å². The minimum absolute atomic E-state index is 0.287. The second-order valence-corrected chi connectivity index (χ2v) is 8.35. The molecule has 0 atom stereocenters. The summed E-state index contributed by atoms with van der Waals surface area (Å²) in [4.78, 5) is 5.83. The van der Waals surface area contributed by atoms with Crippen molar-refractivity contribution in [1.82, 2.24) is 9.29 Å². The van der Waals surface area contributed by atoms with E-state index in [1.807, 2.05) is 19.9 Å². The van der Waals surface area contributed by atoms with E-state index < -0.39 is 10.0 Å². The van der Waals surface area contributed by atoms with Crippen molar-refractivity contribution in [3.8, 4) is 0 Å². The first-order valence-electron chi connectivity index (χ1n) is 6.50. The summed E-state index contributed by atoms with van der Waals surface area (Å²) in [6.07, 6.45) is 0. The summed E-state index contributed by atoms with van der Waals surface area (Å²) < 4.78 is 25.4. The number of hydrogen-bond donors (Lipinski definition) is 1. The van der Waals surface area contributed by atoms with Crippen molar-refractivity contribution in [1.29, 1.82) is 0 Å². The summed E-state index contributed by atoms with van der Waals surface area (Å²) in [5, 5.41) is 4.29. The van der Waals surface area contributed by atoms with Crippen molar-refractivity contribution in [2.24, 2.45) is 0 Å². The molecule has 0 radical (unpaired) electrons. The lowest BCUT2D eigenvalue weighted by Gasteiger charge is -2.13. The molecule has 1 aromatic carbocycles. The summed E-state index contributed by atoms with van der Waals surface area (Å²) >= 11 is 1.65. The number of thiazole rings is 1. The Hall–Kier alpha value is -1.44. The molecule has 1 N–H and O–H groups in total. The largest absolute Gasteiger partial charge is 0.380 e. The van der Waals surface area contributed by atoms with Crippen molar-refractivity contribution >= 4 is 27.0 Å². The number of aryl methyl sites for hydroxylation is 2. The number of rotatable bonds is 5. The molecule has 7 heteroatoms. The maximum Gasteiger partial charge on any atom is 0.242 e. The fourth-order valence-electron chi connectivity index (χ4n) is 1.90. The topological polar surface area (TPSA) is 62.3 Å². The van der Waals surface area contributed by atoms with E-state index in [0.29, 0.717) is 6.54 Å². The first-order valence-corrected chi connectivity index (χ1v) is 8.75. The molecular weight excluding hydrogens is 306 g/mol. The molecule has 5 nitrogen and oxygen atoms in total. The van der Waals surface area contributed by atoms with Crippen LogP contribution in [0.5, 0.6) is 0 Å². The number of anilines is 1. The Kier molecular flexibility index (Phi) is 4.65. The smallest absolute Gasteiger partial charge is 0.242 e. The number of aromatic nitrogens is 1. The van der Waals surface area contributed by atoms with E-state index in [1.165, 1.54) is 18.4 Å². The van der Waals surface area contributed by atoms with Crippen LogP contribution >= 0.6 is 11.3 Å². The molecule has 0 saturated carbocycles. The summed E-state index contributed by atoms with van der Waals surface area (Å²) in [5.41, 5.74) is 1.80. The van der Waals surface area contributed by atoms with Gasteiger partial charge in [-0.25, -0.2) is 17.7 Å². The van der Waals surface area contributed by atoms with Crippen molar-refractivity contribution in [2.45, 2.75) is 25.3 Å². The molecule has 0 unspecified atom stereocenters. The minimum atomic E-state index is -3.40. The van der Waals surface area contributed by atoms with Gasteiger partial charge in [0.05, 0.1) is 22.1 Å². The molecule has 0 aliphatic rings. The predicted molar refractivity (Wildman–Crippen MR) is 86.2 cm³/mol. The van der Waals surface area contributed by atoms with Gasteiger partial charge < -0.3 is 5.32 Å². The maximum absolute atomic E-state index is 12.1. The third kappa shape index (κ3) is 3.61. The lowest BCUT2D eigenvalue weighted by atomic mass is 10.3. The van der Waals surface area contributed by atoms with Crippen LogP contribution in [0.25, 0.3) is 0 Å². The Morgan fingerprint density at radius 2 is 2.00 bits per heavy atom. The Labute approximate surface area is 129 Å².